The summed E-state index contributed by atoms with van der Waals surface area (Å²) in [5.41, 5.74) is 1.34. The van der Waals surface area contributed by atoms with Gasteiger partial charge in [-0.05, 0) is 50.5 Å². The molecule has 0 spiro atoms. The van der Waals surface area contributed by atoms with Gasteiger partial charge in [-0.3, -0.25) is 4.79 Å². The van der Waals surface area contributed by atoms with Crippen molar-refractivity contribution in [3.05, 3.63) is 27.7 Å². The molecule has 1 aromatic carbocycles. The zero-order chi connectivity index (χ0) is 13.5. The number of hydrogen-bond acceptors (Lipinski definition) is 2. The van der Waals surface area contributed by atoms with E-state index in [0.717, 1.165) is 27.8 Å². The van der Waals surface area contributed by atoms with Crippen LogP contribution in [0.25, 0.3) is 0 Å². The van der Waals surface area contributed by atoms with Crippen LogP contribution in [0.3, 0.4) is 0 Å². The Hall–Kier alpha value is -1.03. The molecule has 4 heteroatoms. The van der Waals surface area contributed by atoms with Crippen molar-refractivity contribution >= 4 is 21.9 Å². The number of ether oxygens (including phenoxy) is 1. The average molecular weight is 313 g/mol. The van der Waals surface area contributed by atoms with Crippen molar-refractivity contribution in [2.24, 2.45) is 5.41 Å². The maximum Gasteiger partial charge on any atom is 0.309 e. The minimum Gasteiger partial charge on any atom is -0.490 e. The molecule has 0 bridgehead atoms. The van der Waals surface area contributed by atoms with Crippen LogP contribution in [0.4, 0.5) is 0 Å². The van der Waals surface area contributed by atoms with Crippen LogP contribution in [0.2, 0.25) is 0 Å². The number of carbonyl (C=O) groups is 1. The highest BCUT2D eigenvalue weighted by Gasteiger charge is 2.31. The second-order valence-electron chi connectivity index (χ2n) is 5.55. The highest BCUT2D eigenvalue weighted by atomic mass is 79.9. The normalized spacial score (nSPS) is 18.3. The molecule has 0 aromatic heterocycles. The van der Waals surface area contributed by atoms with Gasteiger partial charge in [0.25, 0.3) is 0 Å². The van der Waals surface area contributed by atoms with E-state index in [1.54, 1.807) is 13.8 Å². The molecule has 1 aliphatic rings. The van der Waals surface area contributed by atoms with E-state index in [1.165, 1.54) is 0 Å². The molecule has 0 radical (unpaired) electrons. The van der Waals surface area contributed by atoms with E-state index in [9.17, 15) is 9.90 Å². The number of benzene rings is 1. The molecule has 0 saturated heterocycles. The Kier molecular flexibility index (Phi) is 3.41. The molecule has 1 atom stereocenters. The first-order valence-electron chi connectivity index (χ1n) is 6.01. The van der Waals surface area contributed by atoms with Gasteiger partial charge in [-0.2, -0.15) is 0 Å². The monoisotopic (exact) mass is 312 g/mol. The number of carboxylic acids is 1. The van der Waals surface area contributed by atoms with Crippen LogP contribution in [0.1, 0.15) is 31.9 Å². The number of halogens is 1. The topological polar surface area (TPSA) is 46.5 Å². The molecule has 1 N–H and O–H groups in total. The fraction of sp³-hybridized carbons (Fsp3) is 0.500. The van der Waals surface area contributed by atoms with Crippen LogP contribution >= 0.6 is 15.9 Å². The number of rotatable bonds is 3. The fourth-order valence-corrected chi connectivity index (χ4v) is 2.80. The van der Waals surface area contributed by atoms with Gasteiger partial charge in [0.2, 0.25) is 0 Å². The minimum absolute atomic E-state index is 0.168. The van der Waals surface area contributed by atoms with E-state index in [4.69, 9.17) is 4.74 Å². The number of fused-ring (bicyclic) bond motifs is 1. The van der Waals surface area contributed by atoms with Gasteiger partial charge in [0.15, 0.2) is 0 Å². The first-order chi connectivity index (χ1) is 8.29. The van der Waals surface area contributed by atoms with Crippen molar-refractivity contribution in [2.75, 3.05) is 0 Å². The lowest BCUT2D eigenvalue weighted by Gasteiger charge is -2.21. The maximum absolute atomic E-state index is 11.2. The van der Waals surface area contributed by atoms with Gasteiger partial charge in [-0.15, -0.1) is 0 Å². The van der Waals surface area contributed by atoms with Crippen LogP contribution in [0, 0.1) is 5.41 Å². The average Bonchev–Trinajstić information content (AvgIpc) is 2.57. The van der Waals surface area contributed by atoms with Crippen LogP contribution < -0.4 is 4.74 Å². The lowest BCUT2D eigenvalue weighted by atomic mass is 9.85. The molecule has 0 saturated carbocycles. The molecular formula is C14H17BrO3. The predicted octanol–water partition coefficient (Wildman–Crippen LogP) is 3.43. The lowest BCUT2D eigenvalue weighted by Crippen LogP contribution is -2.26. The van der Waals surface area contributed by atoms with Gasteiger partial charge in [0, 0.05) is 10.9 Å². The Labute approximate surface area is 115 Å². The molecule has 1 aromatic rings. The lowest BCUT2D eigenvalue weighted by molar-refractivity contribution is -0.146. The van der Waals surface area contributed by atoms with Crippen molar-refractivity contribution in [3.8, 4) is 5.75 Å². The van der Waals surface area contributed by atoms with E-state index in [-0.39, 0.29) is 6.10 Å². The summed E-state index contributed by atoms with van der Waals surface area (Å²) >= 11 is 3.48. The second kappa shape index (κ2) is 4.57. The van der Waals surface area contributed by atoms with Gasteiger partial charge >= 0.3 is 5.97 Å². The predicted molar refractivity (Wildman–Crippen MR) is 73.1 cm³/mol. The summed E-state index contributed by atoms with van der Waals surface area (Å²) < 4.78 is 6.79. The van der Waals surface area contributed by atoms with Gasteiger partial charge in [-0.25, -0.2) is 0 Å². The number of aliphatic carboxylic acids is 1. The molecule has 2 rings (SSSR count). The van der Waals surface area contributed by atoms with Crippen molar-refractivity contribution in [1.29, 1.82) is 0 Å². The van der Waals surface area contributed by atoms with Gasteiger partial charge in [-0.1, -0.05) is 15.9 Å². The van der Waals surface area contributed by atoms with Crippen LogP contribution in [-0.4, -0.2) is 17.2 Å². The summed E-state index contributed by atoms with van der Waals surface area (Å²) in [5.74, 6) is 0.0855. The zero-order valence-electron chi connectivity index (χ0n) is 10.8. The van der Waals surface area contributed by atoms with Crippen molar-refractivity contribution in [1.82, 2.24) is 0 Å². The third-order valence-corrected chi connectivity index (χ3v) is 3.70. The summed E-state index contributed by atoms with van der Waals surface area (Å²) in [7, 11) is 0. The van der Waals surface area contributed by atoms with Crippen LogP contribution in [0.15, 0.2) is 16.6 Å². The minimum atomic E-state index is -0.790. The Bertz CT molecular complexity index is 494. The molecule has 1 aliphatic heterocycles. The first kappa shape index (κ1) is 13.4. The van der Waals surface area contributed by atoms with E-state index in [0.29, 0.717) is 6.42 Å². The molecule has 18 heavy (non-hydrogen) atoms. The molecule has 3 nitrogen and oxygen atoms in total. The Morgan fingerprint density at radius 1 is 1.56 bits per heavy atom. The Morgan fingerprint density at radius 2 is 2.22 bits per heavy atom. The quantitative estimate of drug-likeness (QED) is 0.930. The SMILES string of the molecule is CC1Cc2cc(Br)cc(CC(C)(C)C(=O)O)c2O1. The van der Waals surface area contributed by atoms with E-state index < -0.39 is 11.4 Å². The molecule has 0 aliphatic carbocycles. The second-order valence-corrected chi connectivity index (χ2v) is 6.47. The summed E-state index contributed by atoms with van der Waals surface area (Å²) in [4.78, 5) is 11.2. The summed E-state index contributed by atoms with van der Waals surface area (Å²) in [6.07, 6.45) is 1.52. The molecule has 1 heterocycles. The van der Waals surface area contributed by atoms with E-state index in [1.807, 2.05) is 13.0 Å². The van der Waals surface area contributed by atoms with Crippen molar-refractivity contribution < 1.29 is 14.6 Å². The summed E-state index contributed by atoms with van der Waals surface area (Å²) in [6.45, 7) is 5.50. The zero-order valence-corrected chi connectivity index (χ0v) is 12.4. The standard InChI is InChI=1S/C14H17BrO3/c1-8-4-9-5-11(15)6-10(12(9)18-8)7-14(2,3)13(16)17/h5-6,8H,4,7H2,1-3H3,(H,16,17). The Morgan fingerprint density at radius 3 is 2.83 bits per heavy atom. The highest BCUT2D eigenvalue weighted by molar-refractivity contribution is 9.10. The molecule has 0 fully saturated rings. The maximum atomic E-state index is 11.2. The first-order valence-corrected chi connectivity index (χ1v) is 6.80. The van der Waals surface area contributed by atoms with Gasteiger partial charge in [0.1, 0.15) is 11.9 Å². The smallest absolute Gasteiger partial charge is 0.309 e. The molecule has 0 amide bonds. The number of hydrogen-bond donors (Lipinski definition) is 1. The summed E-state index contributed by atoms with van der Waals surface area (Å²) in [6, 6.07) is 4.01. The number of carboxylic acid groups (broad SMARTS) is 1. The van der Waals surface area contributed by atoms with Crippen LogP contribution in [0.5, 0.6) is 5.75 Å². The van der Waals surface area contributed by atoms with Gasteiger partial charge < -0.3 is 9.84 Å². The third kappa shape index (κ3) is 2.53. The van der Waals surface area contributed by atoms with E-state index >= 15 is 0 Å². The van der Waals surface area contributed by atoms with Crippen molar-refractivity contribution in [3.63, 3.8) is 0 Å². The third-order valence-electron chi connectivity index (χ3n) is 3.25. The molecule has 1 unspecified atom stereocenters. The van der Waals surface area contributed by atoms with Crippen LogP contribution in [-0.2, 0) is 17.6 Å². The molecule has 98 valence electrons. The molecular weight excluding hydrogens is 296 g/mol. The highest BCUT2D eigenvalue weighted by Crippen LogP contribution is 2.38. The Balaban J connectivity index is 2.38. The van der Waals surface area contributed by atoms with Crippen molar-refractivity contribution in [2.45, 2.75) is 39.7 Å². The largest absolute Gasteiger partial charge is 0.490 e. The summed E-state index contributed by atoms with van der Waals surface area (Å²) in [5, 5.41) is 9.22. The van der Waals surface area contributed by atoms with Gasteiger partial charge in [0.05, 0.1) is 5.41 Å². The fourth-order valence-electron chi connectivity index (χ4n) is 2.25. The van der Waals surface area contributed by atoms with E-state index in [2.05, 4.69) is 22.0 Å².